The molecule has 1 saturated carbocycles. The van der Waals surface area contributed by atoms with E-state index in [1.165, 1.54) is 0 Å². The third-order valence-electron chi connectivity index (χ3n) is 4.29. The minimum Gasteiger partial charge on any atom is -0.508 e. The number of benzene rings is 1. The Bertz CT molecular complexity index is 512. The van der Waals surface area contributed by atoms with Gasteiger partial charge >= 0.3 is 5.97 Å². The van der Waals surface area contributed by atoms with Gasteiger partial charge < -0.3 is 15.5 Å². The lowest BCUT2D eigenvalue weighted by molar-refractivity contribution is -0.146. The maximum atomic E-state index is 12.2. The maximum absolute atomic E-state index is 12.2. The van der Waals surface area contributed by atoms with Crippen molar-refractivity contribution in [2.45, 2.75) is 32.7 Å². The van der Waals surface area contributed by atoms with Crippen LogP contribution in [0.1, 0.15) is 31.7 Å². The van der Waals surface area contributed by atoms with Gasteiger partial charge in [-0.15, -0.1) is 0 Å². The van der Waals surface area contributed by atoms with Crippen molar-refractivity contribution in [2.75, 3.05) is 0 Å². The van der Waals surface area contributed by atoms with Gasteiger partial charge in [0, 0.05) is 6.54 Å². The average molecular weight is 291 g/mol. The van der Waals surface area contributed by atoms with Crippen LogP contribution in [0, 0.1) is 17.8 Å². The van der Waals surface area contributed by atoms with Gasteiger partial charge in [-0.2, -0.15) is 0 Å². The van der Waals surface area contributed by atoms with Crippen LogP contribution in [0.5, 0.6) is 5.75 Å². The van der Waals surface area contributed by atoms with E-state index in [2.05, 4.69) is 5.32 Å². The lowest BCUT2D eigenvalue weighted by Crippen LogP contribution is -2.34. The molecule has 1 aliphatic carbocycles. The second kappa shape index (κ2) is 6.61. The number of phenolic OH excluding ortho intramolecular Hbond substituents is 1. The van der Waals surface area contributed by atoms with Gasteiger partial charge in [0.2, 0.25) is 5.91 Å². The third kappa shape index (κ3) is 3.74. The summed E-state index contributed by atoms with van der Waals surface area (Å²) >= 11 is 0. The van der Waals surface area contributed by atoms with Crippen LogP contribution in [0.4, 0.5) is 0 Å². The first-order valence-electron chi connectivity index (χ1n) is 7.29. The van der Waals surface area contributed by atoms with Gasteiger partial charge in [-0.1, -0.05) is 25.5 Å². The molecule has 2 rings (SSSR count). The molecule has 3 unspecified atom stereocenters. The molecule has 114 valence electrons. The Morgan fingerprint density at radius 1 is 1.19 bits per heavy atom. The number of carbonyl (C=O) groups is 2. The SMILES string of the molecule is CCC1CC(C(=O)O)C(C(=O)NCc2ccc(O)cc2)C1. The summed E-state index contributed by atoms with van der Waals surface area (Å²) in [5.74, 6) is -1.59. The van der Waals surface area contributed by atoms with Crippen molar-refractivity contribution in [1.82, 2.24) is 5.32 Å². The molecule has 0 heterocycles. The van der Waals surface area contributed by atoms with E-state index in [1.54, 1.807) is 24.3 Å². The molecule has 5 nitrogen and oxygen atoms in total. The molecule has 0 radical (unpaired) electrons. The standard InChI is InChI=1S/C16H21NO4/c1-2-10-7-13(14(8-10)16(20)21)15(19)17-9-11-3-5-12(18)6-4-11/h3-6,10,13-14,18H,2,7-9H2,1H3,(H,17,19)(H,20,21). The highest BCUT2D eigenvalue weighted by molar-refractivity contribution is 5.85. The molecule has 0 aromatic heterocycles. The predicted molar refractivity (Wildman–Crippen MR) is 77.6 cm³/mol. The Morgan fingerprint density at radius 2 is 1.81 bits per heavy atom. The number of carboxylic acid groups (broad SMARTS) is 1. The second-order valence-corrected chi connectivity index (χ2v) is 5.68. The first-order chi connectivity index (χ1) is 10.0. The van der Waals surface area contributed by atoms with Crippen LogP contribution in [0.2, 0.25) is 0 Å². The van der Waals surface area contributed by atoms with E-state index in [0.717, 1.165) is 12.0 Å². The minimum absolute atomic E-state index is 0.178. The number of rotatable bonds is 5. The number of aliphatic carboxylic acids is 1. The highest BCUT2D eigenvalue weighted by Gasteiger charge is 2.41. The van der Waals surface area contributed by atoms with Crippen molar-refractivity contribution in [3.05, 3.63) is 29.8 Å². The van der Waals surface area contributed by atoms with Crippen LogP contribution in [-0.4, -0.2) is 22.1 Å². The molecule has 21 heavy (non-hydrogen) atoms. The summed E-state index contributed by atoms with van der Waals surface area (Å²) < 4.78 is 0. The second-order valence-electron chi connectivity index (χ2n) is 5.68. The summed E-state index contributed by atoms with van der Waals surface area (Å²) in [5.41, 5.74) is 0.873. The number of carbonyl (C=O) groups excluding carboxylic acids is 1. The molecule has 1 aliphatic rings. The molecule has 1 aromatic rings. The molecular formula is C16H21NO4. The summed E-state index contributed by atoms with van der Waals surface area (Å²) in [7, 11) is 0. The van der Waals surface area contributed by atoms with Gasteiger partial charge in [-0.25, -0.2) is 0 Å². The topological polar surface area (TPSA) is 86.6 Å². The Balaban J connectivity index is 1.95. The zero-order valence-electron chi connectivity index (χ0n) is 12.1. The van der Waals surface area contributed by atoms with Crippen LogP contribution in [0.15, 0.2) is 24.3 Å². The number of carboxylic acids is 1. The van der Waals surface area contributed by atoms with Gasteiger partial charge in [0.25, 0.3) is 0 Å². The smallest absolute Gasteiger partial charge is 0.307 e. The first-order valence-corrected chi connectivity index (χ1v) is 7.29. The van der Waals surface area contributed by atoms with Crippen LogP contribution in [0.3, 0.4) is 0 Å². The molecule has 0 spiro atoms. The minimum atomic E-state index is -0.879. The molecule has 1 amide bonds. The van der Waals surface area contributed by atoms with Crippen LogP contribution < -0.4 is 5.32 Å². The number of hydrogen-bond acceptors (Lipinski definition) is 3. The highest BCUT2D eigenvalue weighted by atomic mass is 16.4. The molecular weight excluding hydrogens is 270 g/mol. The zero-order valence-corrected chi connectivity index (χ0v) is 12.1. The quantitative estimate of drug-likeness (QED) is 0.775. The first kappa shape index (κ1) is 15.4. The van der Waals surface area contributed by atoms with E-state index >= 15 is 0 Å². The van der Waals surface area contributed by atoms with Crippen molar-refractivity contribution in [3.63, 3.8) is 0 Å². The number of aromatic hydroxyl groups is 1. The fourth-order valence-corrected chi connectivity index (χ4v) is 2.97. The van der Waals surface area contributed by atoms with E-state index in [-0.39, 0.29) is 11.7 Å². The number of nitrogens with one attached hydrogen (secondary N) is 1. The summed E-state index contributed by atoms with van der Waals surface area (Å²) in [5, 5.41) is 21.3. The van der Waals surface area contributed by atoms with E-state index in [0.29, 0.717) is 25.3 Å². The molecule has 1 aromatic carbocycles. The van der Waals surface area contributed by atoms with Crippen molar-refractivity contribution >= 4 is 11.9 Å². The molecule has 3 N–H and O–H groups in total. The Morgan fingerprint density at radius 3 is 2.38 bits per heavy atom. The summed E-state index contributed by atoms with van der Waals surface area (Å²) in [6, 6.07) is 6.58. The van der Waals surface area contributed by atoms with Gasteiger partial charge in [0.1, 0.15) is 5.75 Å². The van der Waals surface area contributed by atoms with E-state index in [1.807, 2.05) is 6.92 Å². The lowest BCUT2D eigenvalue weighted by atomic mass is 9.95. The highest BCUT2D eigenvalue weighted by Crippen LogP contribution is 2.38. The van der Waals surface area contributed by atoms with Gasteiger partial charge in [-0.05, 0) is 36.5 Å². The largest absolute Gasteiger partial charge is 0.508 e. The van der Waals surface area contributed by atoms with Crippen molar-refractivity contribution in [1.29, 1.82) is 0 Å². The molecule has 5 heteroatoms. The zero-order chi connectivity index (χ0) is 15.4. The van der Waals surface area contributed by atoms with Crippen molar-refractivity contribution in [3.8, 4) is 5.75 Å². The Kier molecular flexibility index (Phi) is 4.83. The van der Waals surface area contributed by atoms with E-state index in [4.69, 9.17) is 0 Å². The Hall–Kier alpha value is -2.04. The summed E-state index contributed by atoms with van der Waals surface area (Å²) in [4.78, 5) is 23.5. The van der Waals surface area contributed by atoms with Crippen molar-refractivity contribution < 1.29 is 19.8 Å². The maximum Gasteiger partial charge on any atom is 0.307 e. The Labute approximate surface area is 124 Å². The fourth-order valence-electron chi connectivity index (χ4n) is 2.97. The molecule has 3 atom stereocenters. The van der Waals surface area contributed by atoms with Gasteiger partial charge in [-0.3, -0.25) is 9.59 Å². The number of amides is 1. The van der Waals surface area contributed by atoms with Crippen LogP contribution in [0.25, 0.3) is 0 Å². The molecule has 0 aliphatic heterocycles. The van der Waals surface area contributed by atoms with Gasteiger partial charge in [0.05, 0.1) is 11.8 Å². The van der Waals surface area contributed by atoms with E-state index < -0.39 is 17.8 Å². The normalized spacial score (nSPS) is 24.7. The van der Waals surface area contributed by atoms with Crippen LogP contribution in [-0.2, 0) is 16.1 Å². The van der Waals surface area contributed by atoms with Crippen molar-refractivity contribution in [2.24, 2.45) is 17.8 Å². The number of phenols is 1. The number of hydrogen-bond donors (Lipinski definition) is 3. The predicted octanol–water partition coefficient (Wildman–Crippen LogP) is 2.15. The molecule has 0 bridgehead atoms. The fraction of sp³-hybridized carbons (Fsp3) is 0.500. The van der Waals surface area contributed by atoms with E-state index in [9.17, 15) is 19.8 Å². The third-order valence-corrected chi connectivity index (χ3v) is 4.29. The van der Waals surface area contributed by atoms with Gasteiger partial charge in [0.15, 0.2) is 0 Å². The molecule has 1 fully saturated rings. The summed E-state index contributed by atoms with van der Waals surface area (Å²) in [6.07, 6.45) is 2.14. The summed E-state index contributed by atoms with van der Waals surface area (Å²) in [6.45, 7) is 2.37. The lowest BCUT2D eigenvalue weighted by Gasteiger charge is -2.15. The van der Waals surface area contributed by atoms with Crippen LogP contribution >= 0.6 is 0 Å². The monoisotopic (exact) mass is 291 g/mol. The molecule has 0 saturated heterocycles. The average Bonchev–Trinajstić information content (AvgIpc) is 2.91.